The molecule has 0 saturated heterocycles. The molecule has 0 aliphatic heterocycles. The van der Waals surface area contributed by atoms with Crippen molar-refractivity contribution < 1.29 is 4.74 Å². The van der Waals surface area contributed by atoms with Gasteiger partial charge in [0.05, 0.1) is 6.10 Å². The van der Waals surface area contributed by atoms with Crippen LogP contribution in [0.2, 0.25) is 0 Å². The first-order chi connectivity index (χ1) is 9.65. The van der Waals surface area contributed by atoms with E-state index < -0.39 is 0 Å². The molecule has 1 aliphatic rings. The van der Waals surface area contributed by atoms with E-state index in [9.17, 15) is 0 Å². The number of nitrogens with two attached hydrogens (primary N) is 1. The summed E-state index contributed by atoms with van der Waals surface area (Å²) >= 11 is 0. The van der Waals surface area contributed by atoms with Gasteiger partial charge in [-0.2, -0.15) is 0 Å². The number of hydrogen-bond donors (Lipinski definition) is 1. The Morgan fingerprint density at radius 2 is 1.95 bits per heavy atom. The van der Waals surface area contributed by atoms with E-state index >= 15 is 0 Å². The van der Waals surface area contributed by atoms with Crippen LogP contribution in [-0.4, -0.2) is 25.3 Å². The highest BCUT2D eigenvalue weighted by atomic mass is 16.5. The maximum atomic E-state index is 5.68. The quantitative estimate of drug-likeness (QED) is 0.896. The Kier molecular flexibility index (Phi) is 5.44. The molecule has 1 aliphatic carbocycles. The monoisotopic (exact) mass is 276 g/mol. The average molecular weight is 276 g/mol. The third kappa shape index (κ3) is 3.53. The largest absolute Gasteiger partial charge is 0.381 e. The Balaban J connectivity index is 2.17. The first-order valence-electron chi connectivity index (χ1n) is 7.75. The first-order valence-corrected chi connectivity index (χ1v) is 7.75. The number of rotatable bonds is 5. The molecule has 0 spiro atoms. The van der Waals surface area contributed by atoms with Crippen molar-refractivity contribution >= 4 is 5.69 Å². The molecule has 0 radical (unpaired) electrons. The summed E-state index contributed by atoms with van der Waals surface area (Å²) in [6, 6.07) is 9.77. The fourth-order valence-corrected chi connectivity index (χ4v) is 3.32. The Bertz CT molecular complexity index is 402. The number of anilines is 1. The molecule has 2 rings (SSSR count). The minimum absolute atomic E-state index is 0.415. The van der Waals surface area contributed by atoms with Crippen LogP contribution in [0.5, 0.6) is 0 Å². The number of hydrogen-bond acceptors (Lipinski definition) is 3. The Labute approximate surface area is 123 Å². The molecule has 2 atom stereocenters. The number of ether oxygens (including phenoxy) is 1. The topological polar surface area (TPSA) is 38.5 Å². The predicted octanol–water partition coefficient (Wildman–Crippen LogP) is 3.32. The molecule has 3 heteroatoms. The van der Waals surface area contributed by atoms with Gasteiger partial charge >= 0.3 is 0 Å². The van der Waals surface area contributed by atoms with Gasteiger partial charge in [-0.25, -0.2) is 0 Å². The molecule has 3 nitrogen and oxygen atoms in total. The molecule has 20 heavy (non-hydrogen) atoms. The lowest BCUT2D eigenvalue weighted by molar-refractivity contribution is 0.0623. The third-order valence-corrected chi connectivity index (χ3v) is 4.35. The molecule has 112 valence electrons. The second-order valence-electron chi connectivity index (χ2n) is 6.05. The van der Waals surface area contributed by atoms with Gasteiger partial charge in [-0.15, -0.1) is 0 Å². The maximum Gasteiger partial charge on any atom is 0.0591 e. The zero-order valence-corrected chi connectivity index (χ0v) is 13.0. The lowest BCUT2D eigenvalue weighted by Gasteiger charge is -2.41. The van der Waals surface area contributed by atoms with Crippen LogP contribution in [0.4, 0.5) is 5.69 Å². The van der Waals surface area contributed by atoms with E-state index in [4.69, 9.17) is 10.5 Å². The van der Waals surface area contributed by atoms with Gasteiger partial charge < -0.3 is 15.4 Å². The Morgan fingerprint density at radius 1 is 1.25 bits per heavy atom. The Morgan fingerprint density at radius 3 is 2.50 bits per heavy atom. The van der Waals surface area contributed by atoms with E-state index in [0.717, 1.165) is 6.42 Å². The zero-order chi connectivity index (χ0) is 14.5. The van der Waals surface area contributed by atoms with E-state index in [1.165, 1.54) is 30.5 Å². The van der Waals surface area contributed by atoms with E-state index in [1.807, 2.05) is 7.11 Å². The molecule has 2 unspecified atom stereocenters. The summed E-state index contributed by atoms with van der Waals surface area (Å²) in [7, 11) is 1.84. The molecule has 1 fully saturated rings. The molecular weight excluding hydrogens is 248 g/mol. The van der Waals surface area contributed by atoms with Crippen molar-refractivity contribution in [3.05, 3.63) is 29.8 Å². The average Bonchev–Trinajstić information content (AvgIpc) is 2.48. The zero-order valence-electron chi connectivity index (χ0n) is 13.0. The van der Waals surface area contributed by atoms with Crippen LogP contribution in [0.15, 0.2) is 24.3 Å². The highest BCUT2D eigenvalue weighted by molar-refractivity contribution is 5.49. The van der Waals surface area contributed by atoms with Gasteiger partial charge in [0.1, 0.15) is 0 Å². The molecule has 2 N–H and O–H groups in total. The normalized spacial score (nSPS) is 23.1. The predicted molar refractivity (Wildman–Crippen MR) is 85.0 cm³/mol. The molecule has 1 saturated carbocycles. The van der Waals surface area contributed by atoms with Crippen molar-refractivity contribution in [3.63, 3.8) is 0 Å². The van der Waals surface area contributed by atoms with Crippen LogP contribution in [0.1, 0.15) is 45.1 Å². The number of methoxy groups -OCH3 is 1. The molecule has 0 bridgehead atoms. The van der Waals surface area contributed by atoms with Gasteiger partial charge in [0.15, 0.2) is 0 Å². The first kappa shape index (κ1) is 15.3. The lowest BCUT2D eigenvalue weighted by atomic mass is 9.90. The van der Waals surface area contributed by atoms with E-state index in [0.29, 0.717) is 24.7 Å². The molecule has 0 aromatic heterocycles. The molecule has 1 aromatic carbocycles. The van der Waals surface area contributed by atoms with E-state index in [-0.39, 0.29) is 0 Å². The SMILES string of the molecule is COC1CCCC(N(c2ccc(CN)cc2)C(C)C)C1. The van der Waals surface area contributed by atoms with Gasteiger partial charge in [0.2, 0.25) is 0 Å². The molecule has 0 heterocycles. The second kappa shape index (κ2) is 7.09. The van der Waals surface area contributed by atoms with Gasteiger partial charge in [0, 0.05) is 31.4 Å². The summed E-state index contributed by atoms with van der Waals surface area (Å²) in [5, 5.41) is 0. The fourth-order valence-electron chi connectivity index (χ4n) is 3.32. The minimum Gasteiger partial charge on any atom is -0.381 e. The molecule has 1 aromatic rings. The molecule has 0 amide bonds. The summed E-state index contributed by atoms with van der Waals surface area (Å²) in [5.41, 5.74) is 8.18. The Hall–Kier alpha value is -1.06. The van der Waals surface area contributed by atoms with Crippen LogP contribution < -0.4 is 10.6 Å². The van der Waals surface area contributed by atoms with E-state index in [2.05, 4.69) is 43.0 Å². The summed E-state index contributed by atoms with van der Waals surface area (Å²) in [6.45, 7) is 5.15. The minimum atomic E-state index is 0.415. The molecular formula is C17H28N2O. The van der Waals surface area contributed by atoms with Gasteiger partial charge in [-0.1, -0.05) is 12.1 Å². The van der Waals surface area contributed by atoms with Crippen LogP contribution in [0.25, 0.3) is 0 Å². The van der Waals surface area contributed by atoms with Gasteiger partial charge in [0.25, 0.3) is 0 Å². The summed E-state index contributed by atoms with van der Waals surface area (Å²) < 4.78 is 5.58. The number of nitrogens with zero attached hydrogens (tertiary/aromatic N) is 1. The third-order valence-electron chi connectivity index (χ3n) is 4.35. The second-order valence-corrected chi connectivity index (χ2v) is 6.05. The van der Waals surface area contributed by atoms with Crippen LogP contribution in [0.3, 0.4) is 0 Å². The van der Waals surface area contributed by atoms with Crippen LogP contribution in [-0.2, 0) is 11.3 Å². The van der Waals surface area contributed by atoms with Crippen molar-refractivity contribution in [2.45, 2.75) is 64.3 Å². The maximum absolute atomic E-state index is 5.68. The summed E-state index contributed by atoms with van der Waals surface area (Å²) in [6.07, 6.45) is 5.26. The lowest BCUT2D eigenvalue weighted by Crippen LogP contribution is -2.44. The summed E-state index contributed by atoms with van der Waals surface area (Å²) in [4.78, 5) is 2.55. The van der Waals surface area contributed by atoms with E-state index in [1.54, 1.807) is 0 Å². The van der Waals surface area contributed by atoms with Crippen molar-refractivity contribution in [1.82, 2.24) is 0 Å². The van der Waals surface area contributed by atoms with Crippen molar-refractivity contribution in [3.8, 4) is 0 Å². The van der Waals surface area contributed by atoms with Crippen molar-refractivity contribution in [2.75, 3.05) is 12.0 Å². The standard InChI is InChI=1S/C17H28N2O/c1-13(2)19(15-9-7-14(12-18)8-10-15)16-5-4-6-17(11-16)20-3/h7-10,13,16-17H,4-6,11-12,18H2,1-3H3. The summed E-state index contributed by atoms with van der Waals surface area (Å²) in [5.74, 6) is 0. The number of benzene rings is 1. The van der Waals surface area contributed by atoms with Gasteiger partial charge in [-0.05, 0) is 57.2 Å². The fraction of sp³-hybridized carbons (Fsp3) is 0.647. The van der Waals surface area contributed by atoms with Gasteiger partial charge in [-0.3, -0.25) is 0 Å². The highest BCUT2D eigenvalue weighted by Crippen LogP contribution is 2.30. The van der Waals surface area contributed by atoms with Crippen LogP contribution >= 0.6 is 0 Å². The van der Waals surface area contributed by atoms with Crippen molar-refractivity contribution in [1.29, 1.82) is 0 Å². The van der Waals surface area contributed by atoms with Crippen molar-refractivity contribution in [2.24, 2.45) is 5.73 Å². The van der Waals surface area contributed by atoms with Crippen LogP contribution in [0, 0.1) is 0 Å². The highest BCUT2D eigenvalue weighted by Gasteiger charge is 2.28. The smallest absolute Gasteiger partial charge is 0.0591 e.